The molecule has 2 aromatic rings. The van der Waals surface area contributed by atoms with E-state index in [1.54, 1.807) is 0 Å². The third-order valence-corrected chi connectivity index (χ3v) is 12.4. The molecule has 0 aliphatic carbocycles. The SMILES string of the molecule is CC(I)CC(C)CC(C)CC(C)CC(C)CCCC(OCc1ccccc1)OC(CCCC(C)CC(C)CC(C)CC(C)CC(C)I)OCc1ccccc1. The summed E-state index contributed by atoms with van der Waals surface area (Å²) in [5.74, 6) is 6.15. The lowest BCUT2D eigenvalue weighted by atomic mass is 9.83. The largest absolute Gasteiger partial charge is 0.348 e. The molecule has 0 spiro atoms. The zero-order valence-corrected chi connectivity index (χ0v) is 41.3. The molecule has 0 amide bonds. The average molecular weight is 987 g/mol. The van der Waals surface area contributed by atoms with Crippen LogP contribution in [-0.2, 0) is 27.4 Å². The number of halogens is 2. The molecule has 0 saturated carbocycles. The number of benzene rings is 2. The fourth-order valence-electron chi connectivity index (χ4n) is 9.39. The lowest BCUT2D eigenvalue weighted by Crippen LogP contribution is -2.27. The highest BCUT2D eigenvalue weighted by Crippen LogP contribution is 2.30. The molecule has 3 nitrogen and oxygen atoms in total. The summed E-state index contributed by atoms with van der Waals surface area (Å²) in [4.78, 5) is 0. The molecule has 316 valence electrons. The normalized spacial score (nSPS) is 18.7. The lowest BCUT2D eigenvalue weighted by molar-refractivity contribution is -0.257. The Kier molecular flexibility index (Phi) is 27.7. The second kappa shape index (κ2) is 29.9. The third-order valence-electron chi connectivity index (χ3n) is 11.4. The molecule has 5 heteroatoms. The lowest BCUT2D eigenvalue weighted by Gasteiger charge is -2.27. The maximum atomic E-state index is 6.81. The molecule has 0 radical (unpaired) electrons. The molecule has 55 heavy (non-hydrogen) atoms. The van der Waals surface area contributed by atoms with E-state index >= 15 is 0 Å². The monoisotopic (exact) mass is 986 g/mol. The summed E-state index contributed by atoms with van der Waals surface area (Å²) < 4.78 is 21.4. The van der Waals surface area contributed by atoms with Crippen LogP contribution in [0.4, 0.5) is 0 Å². The Morgan fingerprint density at radius 3 is 0.982 bits per heavy atom. The minimum absolute atomic E-state index is 0.288. The first kappa shape index (κ1) is 50.9. The van der Waals surface area contributed by atoms with Crippen molar-refractivity contribution in [2.45, 2.75) is 193 Å². The van der Waals surface area contributed by atoms with Gasteiger partial charge in [0.1, 0.15) is 0 Å². The van der Waals surface area contributed by atoms with E-state index in [9.17, 15) is 0 Å². The first-order chi connectivity index (χ1) is 26.2. The van der Waals surface area contributed by atoms with Gasteiger partial charge in [-0.2, -0.15) is 0 Å². The third kappa shape index (κ3) is 26.5. The number of hydrogen-bond acceptors (Lipinski definition) is 3. The number of rotatable bonds is 32. The molecule has 0 aliphatic heterocycles. The number of ether oxygens (including phenoxy) is 3. The summed E-state index contributed by atoms with van der Waals surface area (Å²) >= 11 is 5.15. The fraction of sp³-hybridized carbons (Fsp3) is 0.760. The molecule has 0 aliphatic rings. The summed E-state index contributed by atoms with van der Waals surface area (Å²) in [6.07, 6.45) is 16.5. The summed E-state index contributed by atoms with van der Waals surface area (Å²) in [7, 11) is 0. The van der Waals surface area contributed by atoms with E-state index in [1.165, 1.54) is 75.3 Å². The topological polar surface area (TPSA) is 27.7 Å². The molecule has 0 saturated heterocycles. The van der Waals surface area contributed by atoms with Crippen LogP contribution in [0, 0.1) is 47.3 Å². The Morgan fingerprint density at radius 2 is 0.673 bits per heavy atom. The highest BCUT2D eigenvalue weighted by atomic mass is 127. The Balaban J connectivity index is 1.96. The molecule has 0 heterocycles. The Labute approximate surface area is 368 Å². The Hall–Kier alpha value is -0.220. The van der Waals surface area contributed by atoms with Crippen molar-refractivity contribution in [3.05, 3.63) is 71.8 Å². The maximum Gasteiger partial charge on any atom is 0.161 e. The van der Waals surface area contributed by atoms with Crippen LogP contribution in [-0.4, -0.2) is 20.4 Å². The van der Waals surface area contributed by atoms with Gasteiger partial charge in [-0.3, -0.25) is 0 Å². The van der Waals surface area contributed by atoms with Gasteiger partial charge in [0.05, 0.1) is 13.2 Å². The summed E-state index contributed by atoms with van der Waals surface area (Å²) in [6.45, 7) is 25.4. The van der Waals surface area contributed by atoms with Gasteiger partial charge >= 0.3 is 0 Å². The van der Waals surface area contributed by atoms with Crippen LogP contribution in [0.15, 0.2) is 60.7 Å². The van der Waals surface area contributed by atoms with Crippen LogP contribution in [0.3, 0.4) is 0 Å². The van der Waals surface area contributed by atoms with Crippen LogP contribution >= 0.6 is 45.2 Å². The average Bonchev–Trinajstić information content (AvgIpc) is 3.08. The maximum absolute atomic E-state index is 6.81. The standard InChI is InChI=1S/C50H84I2O3/c1-37(27-39(3)29-41(5)31-43(7)33-45(9)51)19-17-25-49(53-35-47-21-13-11-14-22-47)55-50(54-36-48-23-15-12-16-24-48)26-18-20-38(2)28-40(4)30-42(6)32-44(8)34-46(10)52/h11-16,21-24,37-46,49-50H,17-20,25-36H2,1-10H3. The van der Waals surface area contributed by atoms with Crippen LogP contribution in [0.25, 0.3) is 0 Å². The van der Waals surface area contributed by atoms with Gasteiger partial charge in [0, 0.05) is 7.85 Å². The van der Waals surface area contributed by atoms with E-state index in [-0.39, 0.29) is 12.6 Å². The van der Waals surface area contributed by atoms with Crippen molar-refractivity contribution < 1.29 is 14.2 Å². The van der Waals surface area contributed by atoms with E-state index in [4.69, 9.17) is 14.2 Å². The predicted octanol–water partition coefficient (Wildman–Crippen LogP) is 16.3. The molecular formula is C50H84I2O3. The van der Waals surface area contributed by atoms with Crippen LogP contribution < -0.4 is 0 Å². The second-order valence-corrected chi connectivity index (χ2v) is 23.0. The summed E-state index contributed by atoms with van der Waals surface area (Å²) in [6, 6.07) is 21.1. The molecule has 0 aromatic heterocycles. The second-order valence-electron chi connectivity index (χ2n) is 18.7. The molecular weight excluding hydrogens is 902 g/mol. The van der Waals surface area contributed by atoms with E-state index in [1.807, 2.05) is 0 Å². The Morgan fingerprint density at radius 1 is 0.382 bits per heavy atom. The first-order valence-electron chi connectivity index (χ1n) is 22.4. The smallest absolute Gasteiger partial charge is 0.161 e. The highest BCUT2D eigenvalue weighted by molar-refractivity contribution is 14.1. The van der Waals surface area contributed by atoms with Crippen molar-refractivity contribution in [1.82, 2.24) is 0 Å². The van der Waals surface area contributed by atoms with Gasteiger partial charge in [0.2, 0.25) is 0 Å². The van der Waals surface area contributed by atoms with Crippen molar-refractivity contribution in [1.29, 1.82) is 0 Å². The predicted molar refractivity (Wildman–Crippen MR) is 256 cm³/mol. The van der Waals surface area contributed by atoms with Gasteiger partial charge in [0.15, 0.2) is 12.6 Å². The zero-order valence-electron chi connectivity index (χ0n) is 37.0. The van der Waals surface area contributed by atoms with Crippen LogP contribution in [0.2, 0.25) is 0 Å². The van der Waals surface area contributed by atoms with E-state index < -0.39 is 0 Å². The minimum atomic E-state index is -0.288. The number of alkyl halides is 2. The zero-order chi connectivity index (χ0) is 40.6. The van der Waals surface area contributed by atoms with E-state index in [2.05, 4.69) is 175 Å². The highest BCUT2D eigenvalue weighted by Gasteiger charge is 2.22. The molecule has 12 atom stereocenters. The van der Waals surface area contributed by atoms with Crippen molar-refractivity contribution in [3.8, 4) is 0 Å². The molecule has 2 aromatic carbocycles. The van der Waals surface area contributed by atoms with Gasteiger partial charge in [-0.25, -0.2) is 0 Å². The van der Waals surface area contributed by atoms with Crippen LogP contribution in [0.5, 0.6) is 0 Å². The summed E-state index contributed by atoms with van der Waals surface area (Å²) in [5.41, 5.74) is 2.37. The van der Waals surface area contributed by atoms with E-state index in [0.717, 1.165) is 69.0 Å². The molecule has 12 unspecified atom stereocenters. The van der Waals surface area contributed by atoms with Crippen molar-refractivity contribution in [2.24, 2.45) is 47.3 Å². The fourth-order valence-corrected chi connectivity index (χ4v) is 11.1. The molecule has 2 rings (SSSR count). The quantitative estimate of drug-likeness (QED) is 0.0415. The number of hydrogen-bond donors (Lipinski definition) is 0. The molecule has 0 bridgehead atoms. The Bertz CT molecular complexity index is 1080. The molecule has 0 N–H and O–H groups in total. The van der Waals surface area contributed by atoms with Gasteiger partial charge < -0.3 is 14.2 Å². The molecule has 0 fully saturated rings. The van der Waals surface area contributed by atoms with Crippen LogP contribution in [0.1, 0.15) is 170 Å². The summed E-state index contributed by atoms with van der Waals surface area (Å²) in [5, 5.41) is 0. The first-order valence-corrected chi connectivity index (χ1v) is 24.9. The van der Waals surface area contributed by atoms with Gasteiger partial charge in [-0.05, 0) is 136 Å². The van der Waals surface area contributed by atoms with E-state index in [0.29, 0.717) is 25.0 Å². The van der Waals surface area contributed by atoms with Crippen molar-refractivity contribution >= 4 is 45.2 Å². The van der Waals surface area contributed by atoms with Crippen molar-refractivity contribution in [3.63, 3.8) is 0 Å². The van der Waals surface area contributed by atoms with Gasteiger partial charge in [-0.1, -0.05) is 188 Å². The van der Waals surface area contributed by atoms with Gasteiger partial charge in [0.25, 0.3) is 0 Å². The van der Waals surface area contributed by atoms with Gasteiger partial charge in [-0.15, -0.1) is 0 Å². The minimum Gasteiger partial charge on any atom is -0.348 e. The van der Waals surface area contributed by atoms with Crippen molar-refractivity contribution in [2.75, 3.05) is 0 Å².